The number of urea groups is 1. The minimum absolute atomic E-state index is 0.0282. The van der Waals surface area contributed by atoms with Gasteiger partial charge in [0.2, 0.25) is 6.79 Å². The van der Waals surface area contributed by atoms with Crippen LogP contribution in [0.15, 0.2) is 18.2 Å². The lowest BCUT2D eigenvalue weighted by Gasteiger charge is -2.29. The van der Waals surface area contributed by atoms with Crippen molar-refractivity contribution in [1.82, 2.24) is 16.0 Å². The first-order valence-corrected chi connectivity index (χ1v) is 9.86. The lowest BCUT2D eigenvalue weighted by atomic mass is 9.86. The van der Waals surface area contributed by atoms with Crippen molar-refractivity contribution >= 4 is 23.8 Å². The molecule has 0 unspecified atom stereocenters. The molecule has 0 radical (unpaired) electrons. The maximum Gasteiger partial charge on any atom is 0.325 e. The van der Waals surface area contributed by atoms with Crippen molar-refractivity contribution in [2.75, 3.05) is 19.9 Å². The fourth-order valence-corrected chi connectivity index (χ4v) is 3.39. The van der Waals surface area contributed by atoms with Gasteiger partial charge in [0, 0.05) is 11.6 Å². The molecule has 3 rings (SSSR count). The summed E-state index contributed by atoms with van der Waals surface area (Å²) in [5.41, 5.74) is 0.290. The van der Waals surface area contributed by atoms with Crippen molar-refractivity contribution in [3.63, 3.8) is 0 Å². The van der Waals surface area contributed by atoms with Gasteiger partial charge in [0.05, 0.1) is 0 Å². The number of hydrogen-bond donors (Lipinski definition) is 3. The van der Waals surface area contributed by atoms with Crippen LogP contribution in [0, 0.1) is 5.92 Å². The van der Waals surface area contributed by atoms with E-state index in [1.807, 2.05) is 0 Å². The van der Waals surface area contributed by atoms with Crippen molar-refractivity contribution in [2.45, 2.75) is 38.6 Å². The van der Waals surface area contributed by atoms with Crippen molar-refractivity contribution in [2.24, 2.45) is 5.92 Å². The predicted molar refractivity (Wildman–Crippen MR) is 104 cm³/mol. The quantitative estimate of drug-likeness (QED) is 0.588. The second-order valence-electron chi connectivity index (χ2n) is 7.30. The van der Waals surface area contributed by atoms with Crippen LogP contribution in [-0.2, 0) is 14.3 Å². The fraction of sp³-hybridized carbons (Fsp3) is 0.500. The first-order chi connectivity index (χ1) is 14.4. The van der Waals surface area contributed by atoms with Gasteiger partial charge in [0.15, 0.2) is 18.1 Å². The Bertz CT molecular complexity index is 827. The summed E-state index contributed by atoms with van der Waals surface area (Å²) in [6, 6.07) is 4.06. The number of benzene rings is 1. The molecule has 1 aromatic carbocycles. The van der Waals surface area contributed by atoms with Gasteiger partial charge in [-0.1, -0.05) is 19.8 Å². The lowest BCUT2D eigenvalue weighted by molar-refractivity contribution is -0.147. The monoisotopic (exact) mass is 419 g/mol. The van der Waals surface area contributed by atoms with E-state index in [0.29, 0.717) is 23.0 Å². The highest BCUT2D eigenvalue weighted by Crippen LogP contribution is 2.32. The molecule has 2 atom stereocenters. The highest BCUT2D eigenvalue weighted by molar-refractivity contribution is 5.97. The smallest absolute Gasteiger partial charge is 0.325 e. The summed E-state index contributed by atoms with van der Waals surface area (Å²) in [6.45, 7) is 1.11. The van der Waals surface area contributed by atoms with Gasteiger partial charge in [0.1, 0.15) is 6.54 Å². The zero-order chi connectivity index (χ0) is 21.5. The third-order valence-electron chi connectivity index (χ3n) is 5.07. The molecule has 1 heterocycles. The fourth-order valence-electron chi connectivity index (χ4n) is 3.39. The number of esters is 1. The average Bonchev–Trinajstić information content (AvgIpc) is 3.20. The molecular weight excluding hydrogens is 394 g/mol. The summed E-state index contributed by atoms with van der Waals surface area (Å²) in [5.74, 6) is -0.713. The summed E-state index contributed by atoms with van der Waals surface area (Å²) in [6.07, 6.45) is 4.09. The van der Waals surface area contributed by atoms with Crippen LogP contribution in [-0.4, -0.2) is 49.8 Å². The maximum absolute atomic E-state index is 12.1. The molecule has 0 spiro atoms. The standard InChI is InChI=1S/C20H25N3O7/c1-12-4-2-3-5-14(12)22-20(27)23-17(24)10-28-18(25)9-21-19(26)13-6-7-15-16(8-13)30-11-29-15/h6-8,12,14H,2-5,9-11H2,1H3,(H,21,26)(H2,22,23,24,27)/t12-,14+/m1/s1. The molecule has 1 aliphatic carbocycles. The summed E-state index contributed by atoms with van der Waals surface area (Å²) in [5, 5.41) is 7.31. The third-order valence-corrected chi connectivity index (χ3v) is 5.07. The molecule has 1 aliphatic heterocycles. The van der Waals surface area contributed by atoms with Crippen LogP contribution in [0.1, 0.15) is 43.0 Å². The highest BCUT2D eigenvalue weighted by Gasteiger charge is 2.23. The van der Waals surface area contributed by atoms with Gasteiger partial charge >= 0.3 is 12.0 Å². The molecule has 30 heavy (non-hydrogen) atoms. The highest BCUT2D eigenvalue weighted by atomic mass is 16.7. The van der Waals surface area contributed by atoms with Gasteiger partial charge in [0.25, 0.3) is 11.8 Å². The van der Waals surface area contributed by atoms with Crippen LogP contribution < -0.4 is 25.4 Å². The zero-order valence-corrected chi connectivity index (χ0v) is 16.7. The maximum atomic E-state index is 12.1. The van der Waals surface area contributed by atoms with Crippen LogP contribution >= 0.6 is 0 Å². The average molecular weight is 419 g/mol. The van der Waals surface area contributed by atoms with Crippen LogP contribution in [0.25, 0.3) is 0 Å². The number of nitrogens with one attached hydrogen (secondary N) is 3. The number of fused-ring (bicyclic) bond motifs is 1. The second-order valence-corrected chi connectivity index (χ2v) is 7.30. The van der Waals surface area contributed by atoms with Gasteiger partial charge < -0.3 is 24.8 Å². The van der Waals surface area contributed by atoms with Gasteiger partial charge in [-0.2, -0.15) is 0 Å². The molecule has 0 bridgehead atoms. The molecule has 4 amide bonds. The molecule has 2 aliphatic rings. The van der Waals surface area contributed by atoms with E-state index in [4.69, 9.17) is 14.2 Å². The minimum atomic E-state index is -0.805. The molecule has 10 heteroatoms. The first-order valence-electron chi connectivity index (χ1n) is 9.86. The number of imide groups is 1. The van der Waals surface area contributed by atoms with Gasteiger partial charge in [-0.3, -0.25) is 19.7 Å². The minimum Gasteiger partial charge on any atom is -0.454 e. The molecular formula is C20H25N3O7. The first kappa shape index (κ1) is 21.4. The molecule has 3 N–H and O–H groups in total. The number of ether oxygens (including phenoxy) is 3. The summed E-state index contributed by atoms with van der Waals surface area (Å²) in [7, 11) is 0. The Kier molecular flexibility index (Phi) is 7.10. The number of carbonyl (C=O) groups excluding carboxylic acids is 4. The van der Waals surface area contributed by atoms with Crippen LogP contribution in [0.3, 0.4) is 0 Å². The Morgan fingerprint density at radius 3 is 2.67 bits per heavy atom. The van der Waals surface area contributed by atoms with Crippen LogP contribution in [0.5, 0.6) is 11.5 Å². The van der Waals surface area contributed by atoms with Crippen molar-refractivity contribution in [3.8, 4) is 11.5 Å². The van der Waals surface area contributed by atoms with Crippen LogP contribution in [0.4, 0.5) is 4.79 Å². The third kappa shape index (κ3) is 5.85. The molecule has 1 fully saturated rings. The van der Waals surface area contributed by atoms with Gasteiger partial charge in [-0.05, 0) is 37.0 Å². The van der Waals surface area contributed by atoms with E-state index in [0.717, 1.165) is 25.7 Å². The molecule has 10 nitrogen and oxygen atoms in total. The van der Waals surface area contributed by atoms with E-state index < -0.39 is 37.0 Å². The lowest BCUT2D eigenvalue weighted by Crippen LogP contribution is -2.48. The Balaban J connectivity index is 1.34. The number of rotatable bonds is 6. The van der Waals surface area contributed by atoms with E-state index >= 15 is 0 Å². The number of amides is 4. The summed E-state index contributed by atoms with van der Waals surface area (Å²) >= 11 is 0. The topological polar surface area (TPSA) is 132 Å². The molecule has 0 aromatic heterocycles. The Hall–Kier alpha value is -3.30. The van der Waals surface area contributed by atoms with Crippen molar-refractivity contribution < 1.29 is 33.4 Å². The SMILES string of the molecule is C[C@@H]1CCCC[C@@H]1NC(=O)NC(=O)COC(=O)CNC(=O)c1ccc2c(c1)OCO2. The summed E-state index contributed by atoms with van der Waals surface area (Å²) < 4.78 is 15.1. The second kappa shape index (κ2) is 9.95. The van der Waals surface area contributed by atoms with E-state index in [9.17, 15) is 19.2 Å². The number of carbonyl (C=O) groups is 4. The Morgan fingerprint density at radius 2 is 1.87 bits per heavy atom. The normalized spacial score (nSPS) is 19.5. The van der Waals surface area contributed by atoms with E-state index in [2.05, 4.69) is 22.9 Å². The van der Waals surface area contributed by atoms with Crippen LogP contribution in [0.2, 0.25) is 0 Å². The van der Waals surface area contributed by atoms with E-state index in [-0.39, 0.29) is 12.8 Å². The Labute approximate surface area is 173 Å². The predicted octanol–water partition coefficient (Wildman–Crippen LogP) is 1.09. The Morgan fingerprint density at radius 1 is 1.10 bits per heavy atom. The van der Waals surface area contributed by atoms with E-state index in [1.165, 1.54) is 12.1 Å². The van der Waals surface area contributed by atoms with Gasteiger partial charge in [-0.15, -0.1) is 0 Å². The molecule has 1 aromatic rings. The number of hydrogen-bond acceptors (Lipinski definition) is 7. The largest absolute Gasteiger partial charge is 0.454 e. The van der Waals surface area contributed by atoms with Crippen molar-refractivity contribution in [3.05, 3.63) is 23.8 Å². The summed E-state index contributed by atoms with van der Waals surface area (Å²) in [4.78, 5) is 47.5. The molecule has 1 saturated carbocycles. The molecule has 162 valence electrons. The van der Waals surface area contributed by atoms with E-state index in [1.54, 1.807) is 6.07 Å². The van der Waals surface area contributed by atoms with Gasteiger partial charge in [-0.25, -0.2) is 4.79 Å². The molecule has 0 saturated heterocycles. The van der Waals surface area contributed by atoms with Crippen molar-refractivity contribution in [1.29, 1.82) is 0 Å². The zero-order valence-electron chi connectivity index (χ0n) is 16.7.